The van der Waals surface area contributed by atoms with Crippen LogP contribution >= 0.6 is 0 Å². The Bertz CT molecular complexity index is 552. The van der Waals surface area contributed by atoms with Crippen molar-refractivity contribution in [1.29, 1.82) is 0 Å². The van der Waals surface area contributed by atoms with Crippen molar-refractivity contribution in [2.75, 3.05) is 145 Å². The van der Waals surface area contributed by atoms with Crippen LogP contribution in [-0.2, 0) is 66.4 Å². The lowest BCUT2D eigenvalue weighted by Crippen LogP contribution is -2.15. The molecule has 0 spiro atoms. The molecule has 244 valence electrons. The molecule has 0 radical (unpaired) electrons. The Morgan fingerprint density at radius 1 is 0.366 bits per heavy atom. The first-order chi connectivity index (χ1) is 20.2. The van der Waals surface area contributed by atoms with E-state index in [0.717, 1.165) is 0 Å². The molecule has 0 N–H and O–H groups in total. The number of carbonyl (C=O) groups excluding carboxylic acids is 2. The molecule has 0 aliphatic heterocycles. The minimum absolute atomic E-state index is 0.254. The Morgan fingerprint density at radius 3 is 0.854 bits per heavy atom. The molecule has 0 unspecified atom stereocenters. The normalized spacial score (nSPS) is 11.2. The van der Waals surface area contributed by atoms with E-state index in [1.807, 2.05) is 0 Å². The number of hydrogen-bond acceptors (Lipinski definition) is 14. The molecule has 41 heavy (non-hydrogen) atoms. The minimum atomic E-state index is -0.314. The number of esters is 2. The zero-order valence-electron chi connectivity index (χ0n) is 25.0. The summed E-state index contributed by atoms with van der Waals surface area (Å²) in [6, 6.07) is 0. The lowest BCUT2D eigenvalue weighted by atomic mass is 10.5. The maximum absolute atomic E-state index is 11.1. The fraction of sp³-hybridized carbons (Fsp3) is 0.926. The van der Waals surface area contributed by atoms with Gasteiger partial charge in [0.15, 0.2) is 0 Å². The standard InChI is InChI=1S/C27H52O14/c1-3-40-27(29)4-5-30-6-7-31-8-9-32-10-11-33-12-13-34-14-15-35-16-17-36-18-19-37-20-21-38-22-23-39-24-25-41-26(2)28/h3-25H2,1-2H3. The summed E-state index contributed by atoms with van der Waals surface area (Å²) in [5, 5.41) is 0. The van der Waals surface area contributed by atoms with Gasteiger partial charge in [0.2, 0.25) is 0 Å². The van der Waals surface area contributed by atoms with Gasteiger partial charge in [-0.15, -0.1) is 0 Å². The van der Waals surface area contributed by atoms with E-state index in [-0.39, 0.29) is 25.0 Å². The van der Waals surface area contributed by atoms with Gasteiger partial charge in [-0.05, 0) is 6.92 Å². The monoisotopic (exact) mass is 600 g/mol. The molecule has 0 saturated heterocycles. The van der Waals surface area contributed by atoms with Gasteiger partial charge in [-0.1, -0.05) is 0 Å². The third kappa shape index (κ3) is 36.5. The summed E-state index contributed by atoms with van der Waals surface area (Å²) in [4.78, 5) is 21.7. The highest BCUT2D eigenvalue weighted by Gasteiger charge is 2.01. The lowest BCUT2D eigenvalue weighted by Gasteiger charge is -2.09. The van der Waals surface area contributed by atoms with Crippen LogP contribution in [0.5, 0.6) is 0 Å². The summed E-state index contributed by atoms with van der Waals surface area (Å²) in [5.74, 6) is -0.568. The largest absolute Gasteiger partial charge is 0.466 e. The van der Waals surface area contributed by atoms with E-state index < -0.39 is 0 Å². The third-order valence-electron chi connectivity index (χ3n) is 4.64. The second-order valence-corrected chi connectivity index (χ2v) is 8.02. The van der Waals surface area contributed by atoms with Crippen LogP contribution in [0, 0.1) is 0 Å². The van der Waals surface area contributed by atoms with Crippen LogP contribution in [0.3, 0.4) is 0 Å². The Labute approximate surface area is 244 Å². The van der Waals surface area contributed by atoms with Crippen LogP contribution in [0.15, 0.2) is 0 Å². The van der Waals surface area contributed by atoms with Crippen molar-refractivity contribution >= 4 is 11.9 Å². The summed E-state index contributed by atoms with van der Waals surface area (Å²) in [6.07, 6.45) is 0.254. The van der Waals surface area contributed by atoms with E-state index in [2.05, 4.69) is 0 Å². The fourth-order valence-electron chi connectivity index (χ4n) is 2.71. The van der Waals surface area contributed by atoms with Crippen molar-refractivity contribution in [3.05, 3.63) is 0 Å². The van der Waals surface area contributed by atoms with Gasteiger partial charge in [-0.3, -0.25) is 9.59 Å². The summed E-state index contributed by atoms with van der Waals surface area (Å²) in [6.45, 7) is 13.0. The zero-order chi connectivity index (χ0) is 29.9. The highest BCUT2D eigenvalue weighted by atomic mass is 16.6. The first-order valence-corrected chi connectivity index (χ1v) is 14.2. The fourth-order valence-corrected chi connectivity index (χ4v) is 2.71. The third-order valence-corrected chi connectivity index (χ3v) is 4.64. The molecule has 0 bridgehead atoms. The van der Waals surface area contributed by atoms with Crippen LogP contribution < -0.4 is 0 Å². The summed E-state index contributed by atoms with van der Waals surface area (Å²) < 4.78 is 63.4. The number of carbonyl (C=O) groups is 2. The van der Waals surface area contributed by atoms with Crippen LogP contribution in [0.2, 0.25) is 0 Å². The Morgan fingerprint density at radius 2 is 0.610 bits per heavy atom. The van der Waals surface area contributed by atoms with Gasteiger partial charge < -0.3 is 56.8 Å². The van der Waals surface area contributed by atoms with E-state index in [0.29, 0.717) is 139 Å². The Kier molecular flexibility index (Phi) is 33.5. The summed E-state index contributed by atoms with van der Waals surface area (Å²) >= 11 is 0. The molecule has 0 rings (SSSR count). The van der Waals surface area contributed by atoms with E-state index in [9.17, 15) is 9.59 Å². The maximum atomic E-state index is 11.1. The van der Waals surface area contributed by atoms with E-state index in [1.54, 1.807) is 6.92 Å². The molecule has 14 nitrogen and oxygen atoms in total. The van der Waals surface area contributed by atoms with Gasteiger partial charge in [0.1, 0.15) is 6.61 Å². The maximum Gasteiger partial charge on any atom is 0.308 e. The predicted octanol–water partition coefficient (Wildman–Crippen LogP) is 0.669. The molecule has 14 heteroatoms. The lowest BCUT2D eigenvalue weighted by molar-refractivity contribution is -0.144. The topological polar surface area (TPSA) is 145 Å². The van der Waals surface area contributed by atoms with E-state index in [1.165, 1.54) is 6.92 Å². The van der Waals surface area contributed by atoms with Crippen molar-refractivity contribution in [3.63, 3.8) is 0 Å². The van der Waals surface area contributed by atoms with Crippen LogP contribution in [0.25, 0.3) is 0 Å². The highest BCUT2D eigenvalue weighted by molar-refractivity contribution is 5.69. The first kappa shape index (κ1) is 39.5. The molecule has 0 amide bonds. The number of rotatable bonds is 34. The van der Waals surface area contributed by atoms with Crippen molar-refractivity contribution in [3.8, 4) is 0 Å². The van der Waals surface area contributed by atoms with Crippen LogP contribution in [-0.4, -0.2) is 157 Å². The molecule has 0 aliphatic carbocycles. The molecule has 0 fully saturated rings. The predicted molar refractivity (Wildman–Crippen MR) is 146 cm³/mol. The van der Waals surface area contributed by atoms with E-state index in [4.69, 9.17) is 56.8 Å². The molecule has 0 aromatic carbocycles. The molecule has 0 aromatic heterocycles. The van der Waals surface area contributed by atoms with Crippen molar-refractivity contribution in [2.24, 2.45) is 0 Å². The Hall–Kier alpha value is -1.46. The minimum Gasteiger partial charge on any atom is -0.466 e. The Balaban J connectivity index is 3.06. The van der Waals surface area contributed by atoms with Gasteiger partial charge in [0.25, 0.3) is 0 Å². The molecule has 0 aromatic rings. The van der Waals surface area contributed by atoms with Gasteiger partial charge in [0.05, 0.1) is 145 Å². The number of hydrogen-bond donors (Lipinski definition) is 0. The molecule has 0 heterocycles. The van der Waals surface area contributed by atoms with E-state index >= 15 is 0 Å². The zero-order valence-corrected chi connectivity index (χ0v) is 25.0. The average Bonchev–Trinajstić information content (AvgIpc) is 2.95. The molecule has 0 atom stereocenters. The van der Waals surface area contributed by atoms with Gasteiger partial charge in [0, 0.05) is 6.92 Å². The van der Waals surface area contributed by atoms with Crippen LogP contribution in [0.1, 0.15) is 20.3 Å². The van der Waals surface area contributed by atoms with Crippen molar-refractivity contribution < 1.29 is 66.4 Å². The first-order valence-electron chi connectivity index (χ1n) is 14.2. The summed E-state index contributed by atoms with van der Waals surface area (Å²) in [5.41, 5.74) is 0. The SMILES string of the molecule is CCOC(=O)CCOCCOCCOCCOCCOCCOCCOCCOCCOCCOCCOC(C)=O. The highest BCUT2D eigenvalue weighted by Crippen LogP contribution is 1.89. The number of ether oxygens (including phenoxy) is 12. The second kappa shape index (κ2) is 34.7. The van der Waals surface area contributed by atoms with Crippen LogP contribution in [0.4, 0.5) is 0 Å². The smallest absolute Gasteiger partial charge is 0.308 e. The van der Waals surface area contributed by atoms with Crippen molar-refractivity contribution in [1.82, 2.24) is 0 Å². The molecule has 0 saturated carbocycles. The van der Waals surface area contributed by atoms with Crippen molar-refractivity contribution in [2.45, 2.75) is 20.3 Å². The van der Waals surface area contributed by atoms with Gasteiger partial charge in [-0.2, -0.15) is 0 Å². The average molecular weight is 601 g/mol. The summed E-state index contributed by atoms with van der Waals surface area (Å²) in [7, 11) is 0. The molecular weight excluding hydrogens is 548 g/mol. The van der Waals surface area contributed by atoms with Gasteiger partial charge >= 0.3 is 11.9 Å². The quantitative estimate of drug-likeness (QED) is 0.0753. The van der Waals surface area contributed by atoms with Gasteiger partial charge in [-0.25, -0.2) is 0 Å². The second-order valence-electron chi connectivity index (χ2n) is 8.02. The molecular formula is C27H52O14. The molecule has 0 aliphatic rings.